The quantitative estimate of drug-likeness (QED) is 0.934. The standard InChI is InChI=1S/C11H11BrN2O.ClH/c12-9-3-1-2-8(6-13)10(9)15-7-11(14)4-5-11;/h1-3H,4-5,7,14H2;1H. The van der Waals surface area contributed by atoms with E-state index < -0.39 is 0 Å². The van der Waals surface area contributed by atoms with Crippen molar-refractivity contribution in [1.29, 1.82) is 5.26 Å². The first-order chi connectivity index (χ1) is 7.14. The molecule has 3 nitrogen and oxygen atoms in total. The van der Waals surface area contributed by atoms with Crippen LogP contribution in [0.3, 0.4) is 0 Å². The molecule has 0 heterocycles. The van der Waals surface area contributed by atoms with E-state index in [1.807, 2.05) is 12.1 Å². The third-order valence-electron chi connectivity index (χ3n) is 2.48. The van der Waals surface area contributed by atoms with Gasteiger partial charge in [0.2, 0.25) is 0 Å². The van der Waals surface area contributed by atoms with Crippen LogP contribution in [0.5, 0.6) is 5.75 Å². The van der Waals surface area contributed by atoms with E-state index in [-0.39, 0.29) is 17.9 Å². The molecule has 1 aromatic carbocycles. The Labute approximate surface area is 109 Å². The summed E-state index contributed by atoms with van der Waals surface area (Å²) in [5, 5.41) is 8.91. The Balaban J connectivity index is 0.00000128. The van der Waals surface area contributed by atoms with Gasteiger partial charge in [-0.3, -0.25) is 0 Å². The molecule has 1 fully saturated rings. The second-order valence-electron chi connectivity index (χ2n) is 3.88. The van der Waals surface area contributed by atoms with Gasteiger partial charge in [-0.2, -0.15) is 5.26 Å². The summed E-state index contributed by atoms with van der Waals surface area (Å²) in [6, 6.07) is 7.49. The maximum absolute atomic E-state index is 8.91. The van der Waals surface area contributed by atoms with Gasteiger partial charge in [-0.25, -0.2) is 0 Å². The summed E-state index contributed by atoms with van der Waals surface area (Å²) < 4.78 is 6.39. The van der Waals surface area contributed by atoms with Crippen LogP contribution < -0.4 is 10.5 Å². The number of rotatable bonds is 3. The van der Waals surface area contributed by atoms with E-state index >= 15 is 0 Å². The zero-order valence-electron chi connectivity index (χ0n) is 8.57. The molecule has 0 spiro atoms. The van der Waals surface area contributed by atoms with Gasteiger partial charge in [-0.05, 0) is 40.9 Å². The van der Waals surface area contributed by atoms with Gasteiger partial charge in [0.1, 0.15) is 12.7 Å². The second kappa shape index (κ2) is 5.05. The Morgan fingerprint density at radius 3 is 2.75 bits per heavy atom. The highest BCUT2D eigenvalue weighted by atomic mass is 79.9. The number of hydrogen-bond acceptors (Lipinski definition) is 3. The first-order valence-electron chi connectivity index (χ1n) is 4.75. The molecule has 5 heteroatoms. The van der Waals surface area contributed by atoms with Crippen LogP contribution in [-0.4, -0.2) is 12.1 Å². The number of nitrogens with two attached hydrogens (primary N) is 1. The number of benzene rings is 1. The van der Waals surface area contributed by atoms with Crippen molar-refractivity contribution in [3.8, 4) is 11.8 Å². The first kappa shape index (κ1) is 13.3. The van der Waals surface area contributed by atoms with Crippen molar-refractivity contribution in [3.63, 3.8) is 0 Å². The number of nitriles is 1. The molecule has 1 aromatic rings. The molecule has 0 atom stereocenters. The maximum atomic E-state index is 8.91. The molecule has 0 aromatic heterocycles. The fourth-order valence-corrected chi connectivity index (χ4v) is 1.75. The summed E-state index contributed by atoms with van der Waals surface area (Å²) in [5.41, 5.74) is 6.28. The van der Waals surface area contributed by atoms with Crippen LogP contribution >= 0.6 is 28.3 Å². The van der Waals surface area contributed by atoms with Crippen molar-refractivity contribution >= 4 is 28.3 Å². The number of ether oxygens (including phenoxy) is 1. The zero-order valence-corrected chi connectivity index (χ0v) is 11.0. The fraction of sp³-hybridized carbons (Fsp3) is 0.364. The van der Waals surface area contributed by atoms with Crippen molar-refractivity contribution < 1.29 is 4.74 Å². The summed E-state index contributed by atoms with van der Waals surface area (Å²) in [6.45, 7) is 0.476. The Bertz CT molecular complexity index is 426. The van der Waals surface area contributed by atoms with Gasteiger partial charge in [-0.1, -0.05) is 6.07 Å². The van der Waals surface area contributed by atoms with Gasteiger partial charge in [0.05, 0.1) is 15.6 Å². The molecule has 0 radical (unpaired) electrons. The highest BCUT2D eigenvalue weighted by Gasteiger charge is 2.39. The summed E-state index contributed by atoms with van der Waals surface area (Å²) >= 11 is 3.36. The van der Waals surface area contributed by atoms with E-state index in [1.54, 1.807) is 6.07 Å². The molecule has 0 unspecified atom stereocenters. The Morgan fingerprint density at radius 1 is 1.50 bits per heavy atom. The van der Waals surface area contributed by atoms with Crippen LogP contribution in [0.1, 0.15) is 18.4 Å². The summed E-state index contributed by atoms with van der Waals surface area (Å²) in [4.78, 5) is 0. The van der Waals surface area contributed by atoms with Gasteiger partial charge in [0.15, 0.2) is 5.75 Å². The largest absolute Gasteiger partial charge is 0.489 e. The average Bonchev–Trinajstić information content (AvgIpc) is 2.95. The van der Waals surface area contributed by atoms with E-state index in [0.717, 1.165) is 17.3 Å². The van der Waals surface area contributed by atoms with E-state index in [0.29, 0.717) is 17.9 Å². The average molecular weight is 304 g/mol. The molecule has 1 saturated carbocycles. The fourth-order valence-electron chi connectivity index (χ4n) is 1.26. The summed E-state index contributed by atoms with van der Waals surface area (Å²) in [6.07, 6.45) is 2.00. The molecule has 0 bridgehead atoms. The second-order valence-corrected chi connectivity index (χ2v) is 4.73. The molecule has 0 amide bonds. The van der Waals surface area contributed by atoms with E-state index in [2.05, 4.69) is 22.0 Å². The topological polar surface area (TPSA) is 59.0 Å². The van der Waals surface area contributed by atoms with Gasteiger partial charge >= 0.3 is 0 Å². The molecule has 16 heavy (non-hydrogen) atoms. The SMILES string of the molecule is Cl.N#Cc1cccc(Br)c1OCC1(N)CC1. The van der Waals surface area contributed by atoms with Crippen LogP contribution in [0.15, 0.2) is 22.7 Å². The molecular weight excluding hydrogens is 291 g/mol. The van der Waals surface area contributed by atoms with Crippen molar-refractivity contribution in [1.82, 2.24) is 0 Å². The maximum Gasteiger partial charge on any atom is 0.151 e. The molecule has 0 saturated heterocycles. The lowest BCUT2D eigenvalue weighted by Crippen LogP contribution is -2.30. The van der Waals surface area contributed by atoms with Crippen LogP contribution in [0.4, 0.5) is 0 Å². The van der Waals surface area contributed by atoms with Crippen molar-refractivity contribution in [2.24, 2.45) is 5.73 Å². The predicted molar refractivity (Wildman–Crippen MR) is 67.8 cm³/mol. The van der Waals surface area contributed by atoms with Crippen LogP contribution in [-0.2, 0) is 0 Å². The minimum atomic E-state index is -0.165. The lowest BCUT2D eigenvalue weighted by Gasteiger charge is -2.13. The molecule has 1 aliphatic rings. The molecule has 0 aliphatic heterocycles. The Kier molecular flexibility index (Phi) is 4.20. The normalized spacial score (nSPS) is 15.8. The number of nitrogens with zero attached hydrogens (tertiary/aromatic N) is 1. The van der Waals surface area contributed by atoms with Crippen molar-refractivity contribution in [2.45, 2.75) is 18.4 Å². The minimum absolute atomic E-state index is 0. The third-order valence-corrected chi connectivity index (χ3v) is 3.11. The van der Waals surface area contributed by atoms with E-state index in [9.17, 15) is 0 Å². The van der Waals surface area contributed by atoms with Gasteiger partial charge in [0, 0.05) is 0 Å². The highest BCUT2D eigenvalue weighted by Crippen LogP contribution is 2.35. The molecular formula is C11H12BrClN2O. The number of para-hydroxylation sites is 1. The lowest BCUT2D eigenvalue weighted by molar-refractivity contribution is 0.277. The summed E-state index contributed by atoms with van der Waals surface area (Å²) in [5.74, 6) is 0.594. The third kappa shape index (κ3) is 2.88. The molecule has 1 aliphatic carbocycles. The minimum Gasteiger partial charge on any atom is -0.489 e. The van der Waals surface area contributed by atoms with Gasteiger partial charge < -0.3 is 10.5 Å². The summed E-state index contributed by atoms with van der Waals surface area (Å²) in [7, 11) is 0. The molecule has 2 rings (SSSR count). The van der Waals surface area contributed by atoms with Gasteiger partial charge in [-0.15, -0.1) is 12.4 Å². The highest BCUT2D eigenvalue weighted by molar-refractivity contribution is 9.10. The zero-order chi connectivity index (χ0) is 10.9. The van der Waals surface area contributed by atoms with Gasteiger partial charge in [0.25, 0.3) is 0 Å². The van der Waals surface area contributed by atoms with E-state index in [1.165, 1.54) is 0 Å². The van der Waals surface area contributed by atoms with E-state index in [4.69, 9.17) is 15.7 Å². The van der Waals surface area contributed by atoms with Crippen molar-refractivity contribution in [3.05, 3.63) is 28.2 Å². The Morgan fingerprint density at radius 2 is 2.19 bits per heavy atom. The van der Waals surface area contributed by atoms with Crippen LogP contribution in [0.2, 0.25) is 0 Å². The number of hydrogen-bond donors (Lipinski definition) is 1. The molecule has 2 N–H and O–H groups in total. The molecule has 86 valence electrons. The van der Waals surface area contributed by atoms with Crippen LogP contribution in [0, 0.1) is 11.3 Å². The van der Waals surface area contributed by atoms with Crippen LogP contribution in [0.25, 0.3) is 0 Å². The predicted octanol–water partition coefficient (Wildman–Crippen LogP) is 2.61. The first-order valence-corrected chi connectivity index (χ1v) is 5.54. The van der Waals surface area contributed by atoms with Crippen molar-refractivity contribution in [2.75, 3.05) is 6.61 Å². The number of halogens is 2. The Hall–Kier alpha value is -0.760. The lowest BCUT2D eigenvalue weighted by atomic mass is 10.2. The smallest absolute Gasteiger partial charge is 0.151 e. The monoisotopic (exact) mass is 302 g/mol.